The summed E-state index contributed by atoms with van der Waals surface area (Å²) in [5.74, 6) is 0. The van der Waals surface area contributed by atoms with E-state index in [2.05, 4.69) is 270 Å². The van der Waals surface area contributed by atoms with E-state index in [1.165, 1.54) is 38.8 Å². The molecule has 8 aromatic carbocycles. The Labute approximate surface area is 384 Å². The summed E-state index contributed by atoms with van der Waals surface area (Å²) >= 11 is 0. The SMILES string of the molecule is CC(C)(C)c1ccc(-n2c3cc(-c4ccccc4)cc(c3)n(-c3ccc(C(C)(C)C)cc3-c3ccccc3)c3cc(-c4ccccc4)cc(c3)n3cc2c2cc(C(C)(C)C)ccc23)cc1. The van der Waals surface area contributed by atoms with Crippen molar-refractivity contribution in [2.75, 3.05) is 0 Å². The van der Waals surface area contributed by atoms with E-state index >= 15 is 0 Å². The minimum atomic E-state index is -0.0463. The van der Waals surface area contributed by atoms with Gasteiger partial charge in [0, 0.05) is 44.9 Å². The molecule has 3 heteroatoms. The molecule has 0 radical (unpaired) electrons. The second-order valence-corrected chi connectivity index (χ2v) is 20.9. The lowest BCUT2D eigenvalue weighted by Crippen LogP contribution is -2.12. The Bertz CT molecular complexity index is 3430. The maximum absolute atomic E-state index is 2.51. The molecule has 0 unspecified atom stereocenters. The Balaban J connectivity index is 1.49. The molecule has 0 fully saturated rings. The van der Waals surface area contributed by atoms with Crippen molar-refractivity contribution >= 4 is 38.5 Å². The number of nitrogens with zero attached hydrogens (tertiary/aromatic N) is 3. The van der Waals surface area contributed by atoms with E-state index in [4.69, 9.17) is 0 Å². The van der Waals surface area contributed by atoms with Crippen molar-refractivity contribution in [3.8, 4) is 44.8 Å². The predicted molar refractivity (Wildman–Crippen MR) is 279 cm³/mol. The summed E-state index contributed by atoms with van der Waals surface area (Å²) in [6.45, 7) is 20.7. The molecule has 10 rings (SSSR count). The third-order valence-electron chi connectivity index (χ3n) is 13.1. The van der Waals surface area contributed by atoms with E-state index in [0.29, 0.717) is 0 Å². The van der Waals surface area contributed by atoms with E-state index < -0.39 is 0 Å². The molecule has 0 atom stereocenters. The van der Waals surface area contributed by atoms with Gasteiger partial charge in [-0.25, -0.2) is 0 Å². The topological polar surface area (TPSA) is 14.3 Å². The number of hydrogen-bond acceptors (Lipinski definition) is 0. The van der Waals surface area contributed by atoms with E-state index in [1.54, 1.807) is 0 Å². The monoisotopic (exact) mass is 845 g/mol. The first-order valence-electron chi connectivity index (χ1n) is 23.1. The molecule has 0 aliphatic heterocycles. The van der Waals surface area contributed by atoms with Crippen LogP contribution in [0.15, 0.2) is 194 Å². The summed E-state index contributed by atoms with van der Waals surface area (Å²) in [6.07, 6.45) is 2.38. The first-order chi connectivity index (χ1) is 31.1. The molecular weight excluding hydrogens is 787 g/mol. The molecule has 65 heavy (non-hydrogen) atoms. The molecule has 2 aromatic heterocycles. The Morgan fingerprint density at radius 2 is 0.769 bits per heavy atom. The molecule has 0 saturated heterocycles. The average molecular weight is 846 g/mol. The van der Waals surface area contributed by atoms with Gasteiger partial charge in [0.15, 0.2) is 0 Å². The highest BCUT2D eigenvalue weighted by Gasteiger charge is 2.22. The fourth-order valence-electron chi connectivity index (χ4n) is 9.39. The van der Waals surface area contributed by atoms with Crippen LogP contribution in [0, 0.1) is 0 Å². The van der Waals surface area contributed by atoms with Crippen LogP contribution in [0.2, 0.25) is 0 Å². The van der Waals surface area contributed by atoms with Crippen LogP contribution >= 0.6 is 0 Å². The molecule has 322 valence electrons. The van der Waals surface area contributed by atoms with Gasteiger partial charge in [0.1, 0.15) is 0 Å². The normalized spacial score (nSPS) is 12.4. The molecule has 0 N–H and O–H groups in total. The Morgan fingerprint density at radius 3 is 1.31 bits per heavy atom. The van der Waals surface area contributed by atoms with Crippen LogP contribution in [0.25, 0.3) is 83.2 Å². The maximum atomic E-state index is 2.51. The summed E-state index contributed by atoms with van der Waals surface area (Å²) in [7, 11) is 0. The molecule has 6 bridgehead atoms. The molecule has 0 amide bonds. The summed E-state index contributed by atoms with van der Waals surface area (Å²) < 4.78 is 7.43. The molecule has 0 spiro atoms. The van der Waals surface area contributed by atoms with Gasteiger partial charge < -0.3 is 13.5 Å². The molecule has 0 aliphatic rings. The van der Waals surface area contributed by atoms with E-state index in [-0.39, 0.29) is 16.2 Å². The third-order valence-corrected chi connectivity index (χ3v) is 13.1. The molecule has 2 heterocycles. The van der Waals surface area contributed by atoms with Crippen LogP contribution in [0.5, 0.6) is 0 Å². The number of fused-ring (bicyclic) bond motifs is 10. The van der Waals surface area contributed by atoms with Crippen LogP contribution in [-0.2, 0) is 16.2 Å². The second-order valence-electron chi connectivity index (χ2n) is 20.9. The minimum absolute atomic E-state index is 0.0140. The van der Waals surface area contributed by atoms with Gasteiger partial charge in [-0.05, 0) is 134 Å². The van der Waals surface area contributed by atoms with E-state index in [9.17, 15) is 0 Å². The van der Waals surface area contributed by atoms with Gasteiger partial charge in [-0.1, -0.05) is 178 Å². The lowest BCUT2D eigenvalue weighted by atomic mass is 9.85. The van der Waals surface area contributed by atoms with Crippen molar-refractivity contribution in [1.29, 1.82) is 0 Å². The molecule has 3 nitrogen and oxygen atoms in total. The van der Waals surface area contributed by atoms with Crippen LogP contribution in [0.4, 0.5) is 0 Å². The van der Waals surface area contributed by atoms with Crippen LogP contribution < -0.4 is 0 Å². The first-order valence-corrected chi connectivity index (χ1v) is 23.1. The zero-order valence-electron chi connectivity index (χ0n) is 39.3. The van der Waals surface area contributed by atoms with Crippen LogP contribution in [0.3, 0.4) is 0 Å². The Hall–Kier alpha value is -7.10. The van der Waals surface area contributed by atoms with Crippen molar-refractivity contribution in [2.45, 2.75) is 78.6 Å². The highest BCUT2D eigenvalue weighted by Crippen LogP contribution is 2.39. The molecular formula is C62H59N3. The summed E-state index contributed by atoms with van der Waals surface area (Å²) in [6, 6.07) is 70.4. The highest BCUT2D eigenvalue weighted by molar-refractivity contribution is 6.00. The van der Waals surface area contributed by atoms with Gasteiger partial charge in [-0.15, -0.1) is 0 Å². The summed E-state index contributed by atoms with van der Waals surface area (Å²) in [4.78, 5) is 0. The van der Waals surface area contributed by atoms with Gasteiger partial charge >= 0.3 is 0 Å². The summed E-state index contributed by atoms with van der Waals surface area (Å²) in [5, 5.41) is 1.21. The average Bonchev–Trinajstić information content (AvgIpc) is 3.67. The van der Waals surface area contributed by atoms with Crippen LogP contribution in [0.1, 0.15) is 79.0 Å². The third kappa shape index (κ3) is 7.95. The van der Waals surface area contributed by atoms with Crippen molar-refractivity contribution in [2.24, 2.45) is 0 Å². The lowest BCUT2D eigenvalue weighted by Gasteiger charge is -2.24. The fraction of sp³-hybridized carbons (Fsp3) is 0.194. The second kappa shape index (κ2) is 15.9. The minimum Gasteiger partial charge on any atom is -0.314 e. The zero-order valence-corrected chi connectivity index (χ0v) is 39.3. The van der Waals surface area contributed by atoms with E-state index in [1.807, 2.05) is 0 Å². The highest BCUT2D eigenvalue weighted by atomic mass is 15.0. The molecule has 0 saturated carbocycles. The van der Waals surface area contributed by atoms with Crippen LogP contribution in [-0.4, -0.2) is 13.5 Å². The molecule has 10 aromatic rings. The summed E-state index contributed by atoms with van der Waals surface area (Å²) in [5.41, 5.74) is 19.7. The van der Waals surface area contributed by atoms with Crippen molar-refractivity contribution in [3.05, 3.63) is 211 Å². The van der Waals surface area contributed by atoms with Gasteiger partial charge in [-0.2, -0.15) is 0 Å². The quantitative estimate of drug-likeness (QED) is 0.164. The standard InChI is InChI=1S/C62H59N3/c1-60(2,3)47-25-29-50(30-26-47)64-53-35-46(43-21-15-11-16-22-43)36-54(40-53)65(58-32-28-48(61(4,5)6)37-55(58)44-23-17-12-18-24-44)52-34-45(42-19-13-10-14-20-42)33-51(39-52)63-41-59(64)56-38-49(62(7,8)9)27-31-57(56)63/h10-41H,1-9H3. The van der Waals surface area contributed by atoms with E-state index in [0.717, 1.165) is 61.2 Å². The zero-order chi connectivity index (χ0) is 45.3. The predicted octanol–water partition coefficient (Wildman–Crippen LogP) is 17.0. The Kier molecular flexibility index (Phi) is 10.2. The molecule has 0 aliphatic carbocycles. The van der Waals surface area contributed by atoms with Crippen molar-refractivity contribution in [1.82, 2.24) is 13.5 Å². The van der Waals surface area contributed by atoms with Crippen molar-refractivity contribution < 1.29 is 0 Å². The number of rotatable bonds is 5. The number of hydrogen-bond donors (Lipinski definition) is 0. The number of aromatic nitrogens is 3. The van der Waals surface area contributed by atoms with Crippen molar-refractivity contribution in [3.63, 3.8) is 0 Å². The number of benzene rings is 8. The van der Waals surface area contributed by atoms with Gasteiger partial charge in [0.05, 0.1) is 16.7 Å². The van der Waals surface area contributed by atoms with Gasteiger partial charge in [0.2, 0.25) is 0 Å². The Morgan fingerprint density at radius 1 is 0.323 bits per heavy atom. The smallest absolute Gasteiger partial charge is 0.0721 e. The largest absolute Gasteiger partial charge is 0.314 e. The van der Waals surface area contributed by atoms with Gasteiger partial charge in [-0.3, -0.25) is 0 Å². The lowest BCUT2D eigenvalue weighted by molar-refractivity contribution is 0.590. The maximum Gasteiger partial charge on any atom is 0.0721 e. The fourth-order valence-corrected chi connectivity index (χ4v) is 9.39. The first kappa shape index (κ1) is 41.9. The van der Waals surface area contributed by atoms with Gasteiger partial charge in [0.25, 0.3) is 0 Å².